The van der Waals surface area contributed by atoms with E-state index in [-0.39, 0.29) is 18.6 Å². The number of amides is 3. The number of H-pyrrole nitrogens is 1. The van der Waals surface area contributed by atoms with E-state index in [9.17, 15) is 9.59 Å². The van der Waals surface area contributed by atoms with Gasteiger partial charge in [-0.05, 0) is 38.3 Å². The molecule has 3 amide bonds. The van der Waals surface area contributed by atoms with Gasteiger partial charge in [-0.15, -0.1) is 5.10 Å². The fraction of sp³-hybridized carbons (Fsp3) is 0.500. The first-order chi connectivity index (χ1) is 14.0. The molecule has 0 aliphatic heterocycles. The van der Waals surface area contributed by atoms with Crippen molar-refractivity contribution in [2.75, 3.05) is 0 Å². The first-order valence-electron chi connectivity index (χ1n) is 9.89. The van der Waals surface area contributed by atoms with Gasteiger partial charge in [-0.1, -0.05) is 49.2 Å². The standard InChI is InChI=1S/C20H27N5O3S/c1-13-8-6-7-11-16(13)28-12-17-22-20(25-24-17)29-14(2)18(26)23-19(27)21-15-9-4-3-5-10-15/h6-8,11,14-15H,3-5,9-10,12H2,1-2H3,(H,22,24,25)(H2,21,23,26,27)/t14-/m1/s1. The van der Waals surface area contributed by atoms with Gasteiger partial charge in [-0.3, -0.25) is 15.2 Å². The average molecular weight is 418 g/mol. The molecule has 1 fully saturated rings. The maximum atomic E-state index is 12.3. The van der Waals surface area contributed by atoms with E-state index in [1.807, 2.05) is 31.2 Å². The van der Waals surface area contributed by atoms with Gasteiger partial charge < -0.3 is 10.1 Å². The van der Waals surface area contributed by atoms with Gasteiger partial charge in [0.05, 0.1) is 5.25 Å². The van der Waals surface area contributed by atoms with E-state index in [0.717, 1.165) is 37.0 Å². The summed E-state index contributed by atoms with van der Waals surface area (Å²) in [4.78, 5) is 28.6. The minimum atomic E-state index is -0.506. The monoisotopic (exact) mass is 417 g/mol. The number of ether oxygens (including phenoxy) is 1. The normalized spacial score (nSPS) is 15.5. The molecule has 1 heterocycles. The molecular formula is C20H27N5O3S. The highest BCUT2D eigenvalue weighted by Gasteiger charge is 2.21. The molecule has 29 heavy (non-hydrogen) atoms. The van der Waals surface area contributed by atoms with Crippen molar-refractivity contribution >= 4 is 23.7 Å². The van der Waals surface area contributed by atoms with Gasteiger partial charge >= 0.3 is 6.03 Å². The van der Waals surface area contributed by atoms with Crippen LogP contribution in [0.3, 0.4) is 0 Å². The molecule has 1 atom stereocenters. The molecule has 3 rings (SSSR count). The highest BCUT2D eigenvalue weighted by molar-refractivity contribution is 8.00. The van der Waals surface area contributed by atoms with Crippen molar-refractivity contribution < 1.29 is 14.3 Å². The SMILES string of the molecule is Cc1ccccc1OCc1nc(S[C@H](C)C(=O)NC(=O)NC2CCCCC2)n[nH]1. The Hall–Kier alpha value is -2.55. The second-order valence-corrected chi connectivity index (χ2v) is 8.48. The van der Waals surface area contributed by atoms with E-state index in [0.29, 0.717) is 11.0 Å². The second-order valence-electron chi connectivity index (χ2n) is 7.18. The highest BCUT2D eigenvalue weighted by atomic mass is 32.2. The first-order valence-corrected chi connectivity index (χ1v) is 10.8. The summed E-state index contributed by atoms with van der Waals surface area (Å²) in [5.74, 6) is 0.985. The second kappa shape index (κ2) is 10.3. The molecule has 1 aromatic carbocycles. The smallest absolute Gasteiger partial charge is 0.321 e. The van der Waals surface area contributed by atoms with E-state index in [4.69, 9.17) is 4.74 Å². The van der Waals surface area contributed by atoms with Crippen LogP contribution in [0.4, 0.5) is 4.79 Å². The van der Waals surface area contributed by atoms with Crippen molar-refractivity contribution in [1.29, 1.82) is 0 Å². The Morgan fingerprint density at radius 3 is 2.79 bits per heavy atom. The summed E-state index contributed by atoms with van der Waals surface area (Å²) in [5, 5.41) is 12.1. The highest BCUT2D eigenvalue weighted by Crippen LogP contribution is 2.21. The average Bonchev–Trinajstić information content (AvgIpc) is 3.15. The zero-order valence-electron chi connectivity index (χ0n) is 16.7. The number of para-hydroxylation sites is 1. The van der Waals surface area contributed by atoms with Crippen molar-refractivity contribution in [1.82, 2.24) is 25.8 Å². The summed E-state index contributed by atoms with van der Waals surface area (Å²) in [6.45, 7) is 3.94. The van der Waals surface area contributed by atoms with E-state index in [2.05, 4.69) is 25.8 Å². The number of thioether (sulfide) groups is 1. The topological polar surface area (TPSA) is 109 Å². The van der Waals surface area contributed by atoms with Crippen molar-refractivity contribution in [3.05, 3.63) is 35.7 Å². The van der Waals surface area contributed by atoms with Gasteiger partial charge in [0.2, 0.25) is 11.1 Å². The lowest BCUT2D eigenvalue weighted by molar-refractivity contribution is -0.119. The Bertz CT molecular complexity index is 835. The zero-order chi connectivity index (χ0) is 20.6. The number of carbonyl (C=O) groups excluding carboxylic acids is 2. The predicted molar refractivity (Wildman–Crippen MR) is 111 cm³/mol. The molecule has 8 nitrogen and oxygen atoms in total. The molecule has 156 valence electrons. The van der Waals surface area contributed by atoms with Crippen molar-refractivity contribution in [3.8, 4) is 5.75 Å². The third kappa shape index (κ3) is 6.49. The Morgan fingerprint density at radius 2 is 2.03 bits per heavy atom. The number of benzene rings is 1. The lowest BCUT2D eigenvalue weighted by Gasteiger charge is -2.22. The van der Waals surface area contributed by atoms with Crippen LogP contribution in [0.15, 0.2) is 29.4 Å². The zero-order valence-corrected chi connectivity index (χ0v) is 17.6. The molecular weight excluding hydrogens is 390 g/mol. The summed E-state index contributed by atoms with van der Waals surface area (Å²) >= 11 is 1.18. The van der Waals surface area contributed by atoms with Crippen LogP contribution in [0.1, 0.15) is 50.4 Å². The molecule has 0 bridgehead atoms. The van der Waals surface area contributed by atoms with Crippen LogP contribution in [-0.2, 0) is 11.4 Å². The third-order valence-electron chi connectivity index (χ3n) is 4.80. The number of carbonyl (C=O) groups is 2. The van der Waals surface area contributed by atoms with Crippen LogP contribution >= 0.6 is 11.8 Å². The third-order valence-corrected chi connectivity index (χ3v) is 5.76. The molecule has 1 aromatic heterocycles. The molecule has 0 radical (unpaired) electrons. The molecule has 2 aromatic rings. The molecule has 1 aliphatic carbocycles. The lowest BCUT2D eigenvalue weighted by atomic mass is 9.96. The number of aromatic amines is 1. The number of rotatable bonds is 7. The van der Waals surface area contributed by atoms with Crippen LogP contribution < -0.4 is 15.4 Å². The maximum Gasteiger partial charge on any atom is 0.321 e. The number of nitrogens with one attached hydrogen (secondary N) is 3. The summed E-state index contributed by atoms with van der Waals surface area (Å²) in [7, 11) is 0. The summed E-state index contributed by atoms with van der Waals surface area (Å²) in [6.07, 6.45) is 5.38. The predicted octanol–water partition coefficient (Wildman–Crippen LogP) is 3.33. The quantitative estimate of drug-likeness (QED) is 0.596. The molecule has 0 unspecified atom stereocenters. The summed E-state index contributed by atoms with van der Waals surface area (Å²) in [5.41, 5.74) is 1.04. The van der Waals surface area contributed by atoms with Crippen molar-refractivity contribution in [2.24, 2.45) is 0 Å². The molecule has 9 heteroatoms. The van der Waals surface area contributed by atoms with Gasteiger partial charge in [-0.2, -0.15) is 0 Å². The van der Waals surface area contributed by atoms with Gasteiger partial charge in [0.15, 0.2) is 5.82 Å². The van der Waals surface area contributed by atoms with Crippen LogP contribution in [-0.4, -0.2) is 38.4 Å². The van der Waals surface area contributed by atoms with E-state index >= 15 is 0 Å². The lowest BCUT2D eigenvalue weighted by Crippen LogP contribution is -2.47. The van der Waals surface area contributed by atoms with E-state index < -0.39 is 11.3 Å². The fourth-order valence-corrected chi connectivity index (χ4v) is 3.90. The molecule has 1 saturated carbocycles. The Labute approximate surface area is 174 Å². The molecule has 0 spiro atoms. The molecule has 3 N–H and O–H groups in total. The van der Waals surface area contributed by atoms with Crippen LogP contribution in [0, 0.1) is 6.92 Å². The minimum Gasteiger partial charge on any atom is -0.485 e. The molecule has 0 saturated heterocycles. The number of imide groups is 1. The number of hydrogen-bond acceptors (Lipinski definition) is 6. The number of hydrogen-bond donors (Lipinski definition) is 3. The Balaban J connectivity index is 1.44. The van der Waals surface area contributed by atoms with E-state index in [1.54, 1.807) is 6.92 Å². The van der Waals surface area contributed by atoms with Crippen molar-refractivity contribution in [3.63, 3.8) is 0 Å². The number of nitrogens with zero attached hydrogens (tertiary/aromatic N) is 2. The largest absolute Gasteiger partial charge is 0.485 e. The van der Waals surface area contributed by atoms with Gasteiger partial charge in [0, 0.05) is 6.04 Å². The van der Waals surface area contributed by atoms with Crippen molar-refractivity contribution in [2.45, 2.75) is 69.0 Å². The Kier molecular flexibility index (Phi) is 7.51. The first kappa shape index (κ1) is 21.2. The van der Waals surface area contributed by atoms with Gasteiger partial charge in [0.25, 0.3) is 0 Å². The molecule has 1 aliphatic rings. The number of aryl methyl sites for hydroxylation is 1. The van der Waals surface area contributed by atoms with Gasteiger partial charge in [0.1, 0.15) is 12.4 Å². The summed E-state index contributed by atoms with van der Waals surface area (Å²) < 4.78 is 5.74. The number of aromatic nitrogens is 3. The van der Waals surface area contributed by atoms with Gasteiger partial charge in [-0.25, -0.2) is 9.78 Å². The summed E-state index contributed by atoms with van der Waals surface area (Å²) in [6, 6.07) is 7.45. The number of urea groups is 1. The maximum absolute atomic E-state index is 12.3. The van der Waals surface area contributed by atoms with Crippen LogP contribution in [0.2, 0.25) is 0 Å². The van der Waals surface area contributed by atoms with E-state index in [1.165, 1.54) is 18.2 Å². The fourth-order valence-electron chi connectivity index (χ4n) is 3.15. The Morgan fingerprint density at radius 1 is 1.28 bits per heavy atom. The van der Waals surface area contributed by atoms with Crippen LogP contribution in [0.5, 0.6) is 5.75 Å². The minimum absolute atomic E-state index is 0.156. The van der Waals surface area contributed by atoms with Crippen LogP contribution in [0.25, 0.3) is 0 Å².